The molecular formula is C14H14N6O5S2. The largest absolute Gasteiger partial charge is 0.362 e. The van der Waals surface area contributed by atoms with Gasteiger partial charge in [-0.05, 0) is 29.0 Å². The van der Waals surface area contributed by atoms with Gasteiger partial charge in [-0.1, -0.05) is 30.0 Å². The van der Waals surface area contributed by atoms with E-state index in [1.165, 1.54) is 9.58 Å². The molecule has 2 saturated heterocycles. The Kier molecular flexibility index (Phi) is 4.36. The van der Waals surface area contributed by atoms with Gasteiger partial charge >= 0.3 is 10.3 Å². The van der Waals surface area contributed by atoms with Crippen LogP contribution in [0, 0.1) is 0 Å². The number of rotatable bonds is 5. The number of carbonyl (C=O) groups excluding carboxylic acids is 2. The van der Waals surface area contributed by atoms with E-state index in [0.717, 1.165) is 17.4 Å². The second-order valence-corrected chi connectivity index (χ2v) is 8.23. The molecule has 2 amide bonds. The summed E-state index contributed by atoms with van der Waals surface area (Å²) >= 11 is 1.12. The van der Waals surface area contributed by atoms with Crippen molar-refractivity contribution in [2.45, 2.75) is 23.7 Å². The molecular weight excluding hydrogens is 396 g/mol. The van der Waals surface area contributed by atoms with Gasteiger partial charge in [-0.2, -0.15) is 13.1 Å². The van der Waals surface area contributed by atoms with Crippen molar-refractivity contribution < 1.29 is 22.6 Å². The molecule has 4 rings (SSSR count). The lowest BCUT2D eigenvalue weighted by molar-refractivity contribution is -0.150. The van der Waals surface area contributed by atoms with E-state index in [-0.39, 0.29) is 18.2 Å². The van der Waals surface area contributed by atoms with Crippen LogP contribution >= 0.6 is 11.8 Å². The van der Waals surface area contributed by atoms with Crippen LogP contribution in [0.15, 0.2) is 35.5 Å². The molecule has 0 bridgehead atoms. The van der Waals surface area contributed by atoms with E-state index < -0.39 is 28.3 Å². The molecule has 1 aromatic carbocycles. The fourth-order valence-corrected chi connectivity index (χ4v) is 4.98. The van der Waals surface area contributed by atoms with Gasteiger partial charge in [0, 0.05) is 6.54 Å². The highest BCUT2D eigenvalue weighted by Crippen LogP contribution is 2.36. The van der Waals surface area contributed by atoms with Crippen molar-refractivity contribution in [2.24, 2.45) is 0 Å². The molecule has 1 aromatic heterocycles. The lowest BCUT2D eigenvalue weighted by Crippen LogP contribution is -2.68. The molecule has 2 aromatic rings. The van der Waals surface area contributed by atoms with Gasteiger partial charge in [0.1, 0.15) is 6.04 Å². The Hall–Kier alpha value is -2.51. The average Bonchev–Trinajstić information content (AvgIpc) is 3.23. The molecule has 2 atom stereocenters. The summed E-state index contributed by atoms with van der Waals surface area (Å²) in [5, 5.41) is 11.9. The fraction of sp³-hybridized carbons (Fsp3) is 0.357. The molecule has 0 saturated carbocycles. The number of hydrogen-bond donors (Lipinski definition) is 1. The Labute approximate surface area is 158 Å². The summed E-state index contributed by atoms with van der Waals surface area (Å²) in [7, 11) is -4.59. The van der Waals surface area contributed by atoms with E-state index in [1.54, 1.807) is 0 Å². The van der Waals surface area contributed by atoms with Crippen molar-refractivity contribution in [1.29, 1.82) is 0 Å². The van der Waals surface area contributed by atoms with Gasteiger partial charge in [0.15, 0.2) is 0 Å². The quantitative estimate of drug-likeness (QED) is 0.388. The topological polar surface area (TPSA) is 139 Å². The van der Waals surface area contributed by atoms with Crippen molar-refractivity contribution in [3.63, 3.8) is 0 Å². The Morgan fingerprint density at radius 1 is 1.30 bits per heavy atom. The Morgan fingerprint density at radius 2 is 2.04 bits per heavy atom. The van der Waals surface area contributed by atoms with E-state index >= 15 is 0 Å². The second kappa shape index (κ2) is 6.58. The summed E-state index contributed by atoms with van der Waals surface area (Å²) in [5.74, 6) is -1.11. The van der Waals surface area contributed by atoms with E-state index in [1.807, 2.05) is 30.3 Å². The molecule has 1 N–H and O–H groups in total. The zero-order valence-corrected chi connectivity index (χ0v) is 15.4. The molecule has 2 aliphatic rings. The molecule has 3 heterocycles. The van der Waals surface area contributed by atoms with Crippen LogP contribution in [0.4, 0.5) is 0 Å². The lowest BCUT2D eigenvalue weighted by Gasteiger charge is -2.42. The summed E-state index contributed by atoms with van der Waals surface area (Å²) in [4.78, 5) is 25.9. The third kappa shape index (κ3) is 3.07. The first-order valence-electron chi connectivity index (χ1n) is 7.94. The fourth-order valence-electron chi connectivity index (χ4n) is 3.31. The zero-order valence-electron chi connectivity index (χ0n) is 13.7. The Bertz CT molecular complexity index is 994. The SMILES string of the molecule is O=C(CSc1nnnn1-c1ccccc1)N1CC[C@@H]2[C@H]1C(=O)N2S(=O)(=O)O. The first kappa shape index (κ1) is 17.9. The number of benzene rings is 1. The number of fused-ring (bicyclic) bond motifs is 1. The zero-order chi connectivity index (χ0) is 19.2. The first-order valence-corrected chi connectivity index (χ1v) is 10.3. The maximum Gasteiger partial charge on any atom is 0.362 e. The van der Waals surface area contributed by atoms with Crippen LogP contribution in [0.25, 0.3) is 5.69 Å². The standard InChI is InChI=1S/C14H14N6O5S2/c21-11(18-7-6-10-12(18)13(22)20(10)27(23,24)25)8-26-14-15-16-17-19(14)9-4-2-1-3-5-9/h1-5,10,12H,6-8H2,(H,23,24,25)/t10-,12+/m1/s1. The summed E-state index contributed by atoms with van der Waals surface area (Å²) in [5.41, 5.74) is 0.747. The van der Waals surface area contributed by atoms with Crippen LogP contribution < -0.4 is 0 Å². The summed E-state index contributed by atoms with van der Waals surface area (Å²) in [6.45, 7) is 0.246. The monoisotopic (exact) mass is 410 g/mol. The third-order valence-corrected chi connectivity index (χ3v) is 6.32. The maximum absolute atomic E-state index is 12.5. The summed E-state index contributed by atoms with van der Waals surface area (Å²) in [6, 6.07) is 7.64. The number of carbonyl (C=O) groups is 2. The molecule has 142 valence electrons. The molecule has 0 spiro atoms. The molecule has 13 heteroatoms. The number of nitrogens with zero attached hydrogens (tertiary/aromatic N) is 6. The third-order valence-electron chi connectivity index (χ3n) is 4.47. The molecule has 27 heavy (non-hydrogen) atoms. The van der Waals surface area contributed by atoms with E-state index in [9.17, 15) is 18.0 Å². The van der Waals surface area contributed by atoms with Crippen LogP contribution in [-0.4, -0.2) is 78.6 Å². The number of tetrazole rings is 1. The van der Waals surface area contributed by atoms with Crippen LogP contribution in [0.1, 0.15) is 6.42 Å². The predicted molar refractivity (Wildman–Crippen MR) is 92.2 cm³/mol. The molecule has 0 aliphatic carbocycles. The highest BCUT2D eigenvalue weighted by Gasteiger charge is 2.59. The lowest BCUT2D eigenvalue weighted by atomic mass is 10.0. The Morgan fingerprint density at radius 3 is 2.74 bits per heavy atom. The number of para-hydroxylation sites is 1. The number of aromatic nitrogens is 4. The maximum atomic E-state index is 12.5. The average molecular weight is 410 g/mol. The van der Waals surface area contributed by atoms with Gasteiger partial charge < -0.3 is 4.90 Å². The van der Waals surface area contributed by atoms with Crippen molar-refractivity contribution in [1.82, 2.24) is 29.4 Å². The summed E-state index contributed by atoms with van der Waals surface area (Å²) < 4.78 is 33.5. The minimum Gasteiger partial charge on any atom is -0.328 e. The normalized spacial score (nSPS) is 21.9. The second-order valence-electron chi connectivity index (χ2n) is 6.00. The minimum atomic E-state index is -4.59. The van der Waals surface area contributed by atoms with Crippen molar-refractivity contribution >= 4 is 33.9 Å². The number of β-lactam (4-membered cyclic amide) rings is 1. The van der Waals surface area contributed by atoms with Gasteiger partial charge in [0.2, 0.25) is 11.1 Å². The predicted octanol–water partition coefficient (Wildman–Crippen LogP) is -0.631. The highest BCUT2D eigenvalue weighted by atomic mass is 32.2. The molecule has 11 nitrogen and oxygen atoms in total. The smallest absolute Gasteiger partial charge is 0.328 e. The molecule has 0 unspecified atom stereocenters. The van der Waals surface area contributed by atoms with Gasteiger partial charge in [-0.25, -0.2) is 4.31 Å². The molecule has 0 radical (unpaired) electrons. The van der Waals surface area contributed by atoms with Crippen LogP contribution in [0.2, 0.25) is 0 Å². The molecule has 2 fully saturated rings. The van der Waals surface area contributed by atoms with E-state index in [2.05, 4.69) is 15.5 Å². The highest BCUT2D eigenvalue weighted by molar-refractivity contribution is 7.99. The number of amides is 2. The minimum absolute atomic E-state index is 0.00438. The van der Waals surface area contributed by atoms with E-state index in [0.29, 0.717) is 15.9 Å². The van der Waals surface area contributed by atoms with Crippen LogP contribution in [-0.2, 0) is 19.9 Å². The van der Waals surface area contributed by atoms with Crippen LogP contribution in [0.3, 0.4) is 0 Å². The van der Waals surface area contributed by atoms with Crippen molar-refractivity contribution in [3.05, 3.63) is 30.3 Å². The summed E-state index contributed by atoms with van der Waals surface area (Å²) in [6.07, 6.45) is 0.300. The number of thioether (sulfide) groups is 1. The van der Waals surface area contributed by atoms with Crippen molar-refractivity contribution in [3.8, 4) is 5.69 Å². The van der Waals surface area contributed by atoms with Crippen molar-refractivity contribution in [2.75, 3.05) is 12.3 Å². The van der Waals surface area contributed by atoms with Gasteiger partial charge in [-0.15, -0.1) is 5.10 Å². The van der Waals surface area contributed by atoms with Gasteiger partial charge in [-0.3, -0.25) is 14.1 Å². The van der Waals surface area contributed by atoms with E-state index in [4.69, 9.17) is 4.55 Å². The number of likely N-dealkylation sites (tertiary alicyclic amines) is 1. The van der Waals surface area contributed by atoms with Crippen LogP contribution in [0.5, 0.6) is 0 Å². The Balaban J connectivity index is 1.42. The number of hydrogen-bond acceptors (Lipinski definition) is 8. The van der Waals surface area contributed by atoms with Gasteiger partial charge in [0.25, 0.3) is 5.91 Å². The first-order chi connectivity index (χ1) is 12.9. The molecule has 2 aliphatic heterocycles. The van der Waals surface area contributed by atoms with Gasteiger partial charge in [0.05, 0.1) is 17.5 Å².